The van der Waals surface area contributed by atoms with Crippen LogP contribution in [0.4, 0.5) is 14.7 Å². The quantitative estimate of drug-likeness (QED) is 0.631. The van der Waals surface area contributed by atoms with Gasteiger partial charge in [-0.15, -0.1) is 0 Å². The van der Waals surface area contributed by atoms with Gasteiger partial charge in [0.1, 0.15) is 12.0 Å². The molecule has 156 valence electrons. The lowest BCUT2D eigenvalue weighted by atomic mass is 9.65. The molecule has 4 rings (SSSR count). The Kier molecular flexibility index (Phi) is 5.39. The molecule has 1 N–H and O–H groups in total. The Hall–Kier alpha value is -3.43. The predicted octanol–water partition coefficient (Wildman–Crippen LogP) is 2.97. The molecule has 0 bridgehead atoms. The highest BCUT2D eigenvalue weighted by Gasteiger charge is 2.48. The number of anilines is 1. The van der Waals surface area contributed by atoms with Crippen LogP contribution in [0, 0.1) is 5.82 Å². The molecule has 10 heteroatoms. The van der Waals surface area contributed by atoms with Crippen LogP contribution in [0.25, 0.3) is 11.3 Å². The highest BCUT2D eigenvalue weighted by molar-refractivity contribution is 5.59. The lowest BCUT2D eigenvalue weighted by molar-refractivity contribution is 0.0963. The zero-order valence-electron chi connectivity index (χ0n) is 16.5. The lowest BCUT2D eigenvalue weighted by Gasteiger charge is -2.43. The molecule has 0 atom stereocenters. The van der Waals surface area contributed by atoms with Crippen molar-refractivity contribution in [2.45, 2.75) is 24.4 Å². The van der Waals surface area contributed by atoms with Crippen LogP contribution >= 0.6 is 0 Å². The van der Waals surface area contributed by atoms with Gasteiger partial charge in [0.2, 0.25) is 11.8 Å². The van der Waals surface area contributed by atoms with Crippen LogP contribution in [0.5, 0.6) is 11.9 Å². The molecule has 8 nitrogen and oxygen atoms in total. The lowest BCUT2D eigenvalue weighted by Crippen LogP contribution is -2.49. The minimum Gasteiger partial charge on any atom is -0.481 e. The van der Waals surface area contributed by atoms with Crippen molar-refractivity contribution in [1.82, 2.24) is 24.9 Å². The maximum atomic E-state index is 14.2. The second-order valence-electron chi connectivity index (χ2n) is 7.05. The van der Waals surface area contributed by atoms with E-state index in [1.807, 2.05) is 0 Å². The third-order valence-corrected chi connectivity index (χ3v) is 5.09. The number of alkyl halides is 1. The van der Waals surface area contributed by atoms with Gasteiger partial charge in [0.05, 0.1) is 25.6 Å². The van der Waals surface area contributed by atoms with Crippen LogP contribution in [-0.2, 0) is 5.41 Å². The standard InChI is InChI=1S/C20H20F2N6O2/c1-29-16-6-15(27-19(28-16)30-2)12-9-24-18(25-10-12)26-11-20(7-13(21)8-20)17-14(22)4-3-5-23-17/h3-6,9-10,13H,7-8,11H2,1-2H3,(H,24,25,26)/t13-,20-. The first-order chi connectivity index (χ1) is 14.5. The monoisotopic (exact) mass is 414 g/mol. The second kappa shape index (κ2) is 8.13. The second-order valence-corrected chi connectivity index (χ2v) is 7.05. The summed E-state index contributed by atoms with van der Waals surface area (Å²) < 4.78 is 38.1. The minimum absolute atomic E-state index is 0.164. The fourth-order valence-corrected chi connectivity index (χ4v) is 3.53. The smallest absolute Gasteiger partial charge is 0.320 e. The van der Waals surface area contributed by atoms with Crippen molar-refractivity contribution in [3.63, 3.8) is 0 Å². The molecule has 1 aliphatic rings. The SMILES string of the molecule is COc1cc(-c2cnc(NC[C@]3(c4ncccc4F)C[C@H](F)C3)nc2)nc(OC)n1. The van der Waals surface area contributed by atoms with Gasteiger partial charge in [0.15, 0.2) is 0 Å². The summed E-state index contributed by atoms with van der Waals surface area (Å²) in [6, 6.07) is 4.66. The summed E-state index contributed by atoms with van der Waals surface area (Å²) in [7, 11) is 2.96. The summed E-state index contributed by atoms with van der Waals surface area (Å²) in [6.45, 7) is 0.274. The molecule has 0 spiro atoms. The fourth-order valence-electron chi connectivity index (χ4n) is 3.53. The highest BCUT2D eigenvalue weighted by atomic mass is 19.1. The normalized spacial score (nSPS) is 20.3. The van der Waals surface area contributed by atoms with Crippen LogP contribution < -0.4 is 14.8 Å². The molecule has 1 aliphatic carbocycles. The third-order valence-electron chi connectivity index (χ3n) is 5.09. The molecule has 1 fully saturated rings. The molecular weight excluding hydrogens is 394 g/mol. The molecule has 0 radical (unpaired) electrons. The van der Waals surface area contributed by atoms with E-state index in [0.717, 1.165) is 0 Å². The van der Waals surface area contributed by atoms with Gasteiger partial charge in [-0.3, -0.25) is 4.98 Å². The number of methoxy groups -OCH3 is 2. The Labute approximate surface area is 171 Å². The predicted molar refractivity (Wildman–Crippen MR) is 105 cm³/mol. The maximum absolute atomic E-state index is 14.2. The van der Waals surface area contributed by atoms with Crippen molar-refractivity contribution in [3.8, 4) is 23.1 Å². The summed E-state index contributed by atoms with van der Waals surface area (Å²) in [5, 5.41) is 3.08. The van der Waals surface area contributed by atoms with Crippen LogP contribution in [0.3, 0.4) is 0 Å². The average molecular weight is 414 g/mol. The van der Waals surface area contributed by atoms with E-state index in [2.05, 4.69) is 30.2 Å². The van der Waals surface area contributed by atoms with Gasteiger partial charge in [-0.25, -0.2) is 18.7 Å². The van der Waals surface area contributed by atoms with E-state index in [1.165, 1.54) is 32.5 Å². The Morgan fingerprint density at radius 2 is 1.90 bits per heavy atom. The molecule has 0 saturated heterocycles. The van der Waals surface area contributed by atoms with Gasteiger partial charge in [-0.2, -0.15) is 9.97 Å². The van der Waals surface area contributed by atoms with Gasteiger partial charge >= 0.3 is 6.01 Å². The summed E-state index contributed by atoms with van der Waals surface area (Å²) >= 11 is 0. The minimum atomic E-state index is -0.973. The third kappa shape index (κ3) is 3.85. The van der Waals surface area contributed by atoms with E-state index in [-0.39, 0.29) is 31.1 Å². The largest absolute Gasteiger partial charge is 0.481 e. The van der Waals surface area contributed by atoms with Crippen molar-refractivity contribution >= 4 is 5.95 Å². The van der Waals surface area contributed by atoms with Gasteiger partial charge < -0.3 is 14.8 Å². The van der Waals surface area contributed by atoms with Gasteiger partial charge in [-0.1, -0.05) is 0 Å². The van der Waals surface area contributed by atoms with Crippen molar-refractivity contribution in [3.05, 3.63) is 48.3 Å². The number of nitrogens with one attached hydrogen (secondary N) is 1. The molecule has 0 aromatic carbocycles. The molecule has 3 aromatic rings. The Morgan fingerprint density at radius 1 is 1.13 bits per heavy atom. The zero-order chi connectivity index (χ0) is 21.1. The molecule has 3 aromatic heterocycles. The first-order valence-electron chi connectivity index (χ1n) is 9.31. The van der Waals surface area contributed by atoms with Crippen molar-refractivity contribution in [2.24, 2.45) is 0 Å². The van der Waals surface area contributed by atoms with Crippen molar-refractivity contribution in [1.29, 1.82) is 0 Å². The summed E-state index contributed by atoms with van der Waals surface area (Å²) in [5.41, 5.74) is 0.720. The van der Waals surface area contributed by atoms with Crippen molar-refractivity contribution in [2.75, 3.05) is 26.1 Å². The topological polar surface area (TPSA) is 94.9 Å². The van der Waals surface area contributed by atoms with E-state index < -0.39 is 17.4 Å². The average Bonchev–Trinajstić information content (AvgIpc) is 2.76. The Morgan fingerprint density at radius 3 is 2.53 bits per heavy atom. The first kappa shape index (κ1) is 19.9. The highest BCUT2D eigenvalue weighted by Crippen LogP contribution is 2.45. The number of hydrogen-bond acceptors (Lipinski definition) is 8. The van der Waals surface area contributed by atoms with E-state index in [9.17, 15) is 8.78 Å². The molecule has 30 heavy (non-hydrogen) atoms. The number of halogens is 2. The molecule has 0 aliphatic heterocycles. The van der Waals surface area contributed by atoms with Crippen LogP contribution in [0.2, 0.25) is 0 Å². The maximum Gasteiger partial charge on any atom is 0.320 e. The van der Waals surface area contributed by atoms with Gasteiger partial charge in [0.25, 0.3) is 0 Å². The van der Waals surface area contributed by atoms with Gasteiger partial charge in [0, 0.05) is 42.2 Å². The molecule has 0 amide bonds. The fraction of sp³-hybridized carbons (Fsp3) is 0.350. The number of ether oxygens (including phenoxy) is 2. The van der Waals surface area contributed by atoms with Crippen molar-refractivity contribution < 1.29 is 18.3 Å². The number of rotatable bonds is 7. The van der Waals surface area contributed by atoms with E-state index >= 15 is 0 Å². The molecule has 1 saturated carbocycles. The zero-order valence-corrected chi connectivity index (χ0v) is 16.5. The first-order valence-corrected chi connectivity index (χ1v) is 9.31. The number of hydrogen-bond donors (Lipinski definition) is 1. The van der Waals surface area contributed by atoms with Gasteiger partial charge in [-0.05, 0) is 25.0 Å². The van der Waals surface area contributed by atoms with Crippen LogP contribution in [0.15, 0.2) is 36.8 Å². The van der Waals surface area contributed by atoms with E-state index in [0.29, 0.717) is 23.1 Å². The summed E-state index contributed by atoms with van der Waals surface area (Å²) in [5.74, 6) is 0.253. The molecule has 0 unspecified atom stereocenters. The van der Waals surface area contributed by atoms with Crippen LogP contribution in [0.1, 0.15) is 18.5 Å². The van der Waals surface area contributed by atoms with Crippen LogP contribution in [-0.4, -0.2) is 51.9 Å². The van der Waals surface area contributed by atoms with E-state index in [1.54, 1.807) is 18.5 Å². The number of aromatic nitrogens is 5. The summed E-state index contributed by atoms with van der Waals surface area (Å²) in [6.07, 6.45) is 4.12. The number of nitrogens with zero attached hydrogens (tertiary/aromatic N) is 5. The Bertz CT molecular complexity index is 1010. The molecular formula is C20H20F2N6O2. The van der Waals surface area contributed by atoms with E-state index in [4.69, 9.17) is 9.47 Å². The summed E-state index contributed by atoms with van der Waals surface area (Å²) in [4.78, 5) is 21.0. The Balaban J connectivity index is 1.51. The molecule has 3 heterocycles. The number of pyridine rings is 1.